The van der Waals surface area contributed by atoms with Crippen LogP contribution in [0.4, 0.5) is 10.1 Å². The van der Waals surface area contributed by atoms with Crippen LogP contribution in [-0.2, 0) is 6.54 Å². The second-order valence-corrected chi connectivity index (χ2v) is 7.15. The molecule has 0 atom stereocenters. The zero-order chi connectivity index (χ0) is 19.6. The van der Waals surface area contributed by atoms with Crippen molar-refractivity contribution < 1.29 is 4.39 Å². The lowest BCUT2D eigenvalue weighted by Gasteiger charge is -2.06. The molecule has 5 rings (SSSR count). The van der Waals surface area contributed by atoms with Gasteiger partial charge in [0, 0.05) is 35.2 Å². The van der Waals surface area contributed by atoms with Crippen molar-refractivity contribution in [3.05, 3.63) is 114 Å². The van der Waals surface area contributed by atoms with Crippen LogP contribution in [-0.4, -0.2) is 10.8 Å². The number of aromatic nitrogens is 1. The highest BCUT2D eigenvalue weighted by molar-refractivity contribution is 5.96. The summed E-state index contributed by atoms with van der Waals surface area (Å²) in [5.74, 6) is -0.203. The Balaban J connectivity index is 1.44. The number of halogens is 1. The van der Waals surface area contributed by atoms with Gasteiger partial charge in [-0.3, -0.25) is 4.99 Å². The summed E-state index contributed by atoms with van der Waals surface area (Å²) in [5, 5.41) is 3.48. The molecule has 3 heteroatoms. The summed E-state index contributed by atoms with van der Waals surface area (Å²) >= 11 is 0. The van der Waals surface area contributed by atoms with Gasteiger partial charge in [0.05, 0.1) is 5.69 Å². The predicted molar refractivity (Wildman–Crippen MR) is 119 cm³/mol. The van der Waals surface area contributed by atoms with E-state index in [4.69, 9.17) is 4.99 Å². The van der Waals surface area contributed by atoms with Gasteiger partial charge in [0.15, 0.2) is 0 Å². The summed E-state index contributed by atoms with van der Waals surface area (Å²) in [6, 6.07) is 29.6. The van der Waals surface area contributed by atoms with Crippen molar-refractivity contribution in [2.75, 3.05) is 0 Å². The fraction of sp³-hybridized carbons (Fsp3) is 0.0385. The van der Waals surface area contributed by atoms with Crippen LogP contribution in [0.2, 0.25) is 0 Å². The number of fused-ring (bicyclic) bond motifs is 2. The van der Waals surface area contributed by atoms with Gasteiger partial charge in [0.1, 0.15) is 5.82 Å². The molecule has 1 aromatic heterocycles. The second kappa shape index (κ2) is 7.36. The van der Waals surface area contributed by atoms with Gasteiger partial charge in [-0.05, 0) is 52.9 Å². The molecule has 29 heavy (non-hydrogen) atoms. The molecule has 4 aromatic carbocycles. The highest BCUT2D eigenvalue weighted by atomic mass is 19.1. The van der Waals surface area contributed by atoms with Gasteiger partial charge in [0.25, 0.3) is 0 Å². The number of hydrogen-bond acceptors (Lipinski definition) is 1. The van der Waals surface area contributed by atoms with Gasteiger partial charge in [0.2, 0.25) is 0 Å². The summed E-state index contributed by atoms with van der Waals surface area (Å²) in [4.78, 5) is 4.72. The maximum Gasteiger partial charge on any atom is 0.123 e. The van der Waals surface area contributed by atoms with E-state index in [1.807, 2.05) is 42.7 Å². The Labute approximate surface area is 168 Å². The molecule has 140 valence electrons. The quantitative estimate of drug-likeness (QED) is 0.308. The normalized spacial score (nSPS) is 11.6. The largest absolute Gasteiger partial charge is 0.343 e. The highest BCUT2D eigenvalue weighted by Crippen LogP contribution is 2.26. The summed E-state index contributed by atoms with van der Waals surface area (Å²) < 4.78 is 15.6. The molecule has 0 amide bonds. The molecule has 0 spiro atoms. The minimum Gasteiger partial charge on any atom is -0.343 e. The van der Waals surface area contributed by atoms with E-state index in [9.17, 15) is 4.39 Å². The first-order valence-corrected chi connectivity index (χ1v) is 9.61. The molecular weight excluding hydrogens is 359 g/mol. The van der Waals surface area contributed by atoms with Crippen LogP contribution in [0.1, 0.15) is 11.1 Å². The Kier molecular flexibility index (Phi) is 4.41. The molecule has 0 aliphatic heterocycles. The van der Waals surface area contributed by atoms with Crippen LogP contribution in [0, 0.1) is 5.82 Å². The lowest BCUT2D eigenvalue weighted by Crippen LogP contribution is -1.98. The maximum atomic E-state index is 13.5. The van der Waals surface area contributed by atoms with Gasteiger partial charge in [-0.25, -0.2) is 4.39 Å². The number of rotatable bonds is 4. The molecule has 2 nitrogen and oxygen atoms in total. The molecule has 0 radical (unpaired) electrons. The molecular formula is C26H19FN2. The fourth-order valence-electron chi connectivity index (χ4n) is 3.73. The monoisotopic (exact) mass is 378 g/mol. The van der Waals surface area contributed by atoms with Gasteiger partial charge in [-0.2, -0.15) is 0 Å². The lowest BCUT2D eigenvalue weighted by molar-refractivity contribution is 0.624. The topological polar surface area (TPSA) is 17.3 Å². The molecule has 1 heterocycles. The Morgan fingerprint density at radius 3 is 2.59 bits per heavy atom. The number of hydrogen-bond donors (Lipinski definition) is 0. The number of nitrogens with zero attached hydrogens (tertiary/aromatic N) is 2. The fourth-order valence-corrected chi connectivity index (χ4v) is 3.73. The molecule has 5 aromatic rings. The summed E-state index contributed by atoms with van der Waals surface area (Å²) in [5.41, 5.74) is 4.08. The summed E-state index contributed by atoms with van der Waals surface area (Å²) in [7, 11) is 0. The maximum absolute atomic E-state index is 13.5. The summed E-state index contributed by atoms with van der Waals surface area (Å²) in [6.45, 7) is 0.644. The van der Waals surface area contributed by atoms with Crippen LogP contribution < -0.4 is 0 Å². The average Bonchev–Trinajstić information content (AvgIpc) is 3.14. The molecule has 0 N–H and O–H groups in total. The predicted octanol–water partition coefficient (Wildman–Crippen LogP) is 6.73. The van der Waals surface area contributed by atoms with E-state index in [1.54, 1.807) is 12.1 Å². The zero-order valence-corrected chi connectivity index (χ0v) is 15.8. The third-order valence-corrected chi connectivity index (χ3v) is 5.16. The Morgan fingerprint density at radius 1 is 0.793 bits per heavy atom. The van der Waals surface area contributed by atoms with Gasteiger partial charge >= 0.3 is 0 Å². The average molecular weight is 378 g/mol. The first kappa shape index (κ1) is 17.4. The van der Waals surface area contributed by atoms with E-state index in [0.29, 0.717) is 6.54 Å². The van der Waals surface area contributed by atoms with Crippen molar-refractivity contribution in [1.29, 1.82) is 0 Å². The molecule has 0 bridgehead atoms. The van der Waals surface area contributed by atoms with Crippen molar-refractivity contribution in [3.63, 3.8) is 0 Å². The van der Waals surface area contributed by atoms with Crippen molar-refractivity contribution in [2.24, 2.45) is 4.99 Å². The van der Waals surface area contributed by atoms with Crippen molar-refractivity contribution in [1.82, 2.24) is 4.57 Å². The first-order valence-electron chi connectivity index (χ1n) is 9.61. The second-order valence-electron chi connectivity index (χ2n) is 7.15. The molecule has 0 aliphatic rings. The third-order valence-electron chi connectivity index (χ3n) is 5.16. The van der Waals surface area contributed by atoms with Crippen LogP contribution >= 0.6 is 0 Å². The first-order chi connectivity index (χ1) is 14.3. The van der Waals surface area contributed by atoms with Crippen molar-refractivity contribution in [3.8, 4) is 0 Å². The van der Waals surface area contributed by atoms with Crippen LogP contribution in [0.25, 0.3) is 21.7 Å². The molecule has 0 aliphatic carbocycles. The number of aliphatic imine (C=N–C) groups is 1. The zero-order valence-electron chi connectivity index (χ0n) is 15.8. The van der Waals surface area contributed by atoms with Gasteiger partial charge in [-0.1, -0.05) is 54.6 Å². The van der Waals surface area contributed by atoms with E-state index >= 15 is 0 Å². The van der Waals surface area contributed by atoms with Crippen LogP contribution in [0.5, 0.6) is 0 Å². The van der Waals surface area contributed by atoms with E-state index in [-0.39, 0.29) is 5.82 Å². The van der Waals surface area contributed by atoms with Crippen LogP contribution in [0.15, 0.2) is 102 Å². The summed E-state index contributed by atoms with van der Waals surface area (Å²) in [6.07, 6.45) is 3.95. The van der Waals surface area contributed by atoms with Crippen LogP contribution in [0.3, 0.4) is 0 Å². The standard InChI is InChI=1S/C26H19FN2/c27-23-8-3-5-20(16-23)18-29-14-13-22-15-19(11-12-26(22)29)17-28-25-10-4-7-21-6-1-2-9-24(21)25/h1-17H,18H2. The molecule has 0 saturated carbocycles. The van der Waals surface area contributed by atoms with E-state index in [1.165, 1.54) is 11.5 Å². The van der Waals surface area contributed by atoms with Crippen molar-refractivity contribution >= 4 is 33.6 Å². The minimum absolute atomic E-state index is 0.203. The van der Waals surface area contributed by atoms with E-state index in [2.05, 4.69) is 47.0 Å². The Hall–Kier alpha value is -3.72. The van der Waals surface area contributed by atoms with Gasteiger partial charge < -0.3 is 4.57 Å². The lowest BCUT2D eigenvalue weighted by atomic mass is 10.1. The Morgan fingerprint density at radius 2 is 1.66 bits per heavy atom. The smallest absolute Gasteiger partial charge is 0.123 e. The molecule has 0 saturated heterocycles. The highest BCUT2D eigenvalue weighted by Gasteiger charge is 2.04. The van der Waals surface area contributed by atoms with Crippen molar-refractivity contribution in [2.45, 2.75) is 6.54 Å². The van der Waals surface area contributed by atoms with E-state index < -0.39 is 0 Å². The Bertz CT molecular complexity index is 1340. The van der Waals surface area contributed by atoms with Gasteiger partial charge in [-0.15, -0.1) is 0 Å². The minimum atomic E-state index is -0.203. The number of benzene rings is 4. The molecule has 0 fully saturated rings. The van der Waals surface area contributed by atoms with E-state index in [0.717, 1.165) is 33.1 Å². The SMILES string of the molecule is Fc1cccc(Cn2ccc3cc(C=Nc4cccc5ccccc45)ccc32)c1. The molecule has 0 unspecified atom stereocenters. The third kappa shape index (κ3) is 3.55.